The minimum atomic E-state index is -0.284. The third kappa shape index (κ3) is 3.22. The Morgan fingerprint density at radius 3 is 2.90 bits per heavy atom. The minimum absolute atomic E-state index is 0.0101. The van der Waals surface area contributed by atoms with Crippen molar-refractivity contribution >= 4 is 17.3 Å². The highest BCUT2D eigenvalue weighted by Crippen LogP contribution is 2.25. The molecule has 1 aromatic rings. The van der Waals surface area contributed by atoms with E-state index in [1.807, 2.05) is 39.0 Å². The van der Waals surface area contributed by atoms with E-state index in [-0.39, 0.29) is 18.0 Å². The average molecular weight is 277 g/mol. The fourth-order valence-electron chi connectivity index (χ4n) is 2.49. The van der Waals surface area contributed by atoms with Gasteiger partial charge in [-0.3, -0.25) is 4.79 Å². The van der Waals surface area contributed by atoms with Gasteiger partial charge in [-0.15, -0.1) is 0 Å². The van der Waals surface area contributed by atoms with Crippen LogP contribution in [0.1, 0.15) is 19.4 Å². The van der Waals surface area contributed by atoms with Crippen LogP contribution in [-0.4, -0.2) is 37.7 Å². The number of aryl methyl sites for hydroxylation is 1. The Balaban J connectivity index is 2.24. The van der Waals surface area contributed by atoms with Crippen molar-refractivity contribution in [2.45, 2.75) is 32.9 Å². The summed E-state index contributed by atoms with van der Waals surface area (Å²) in [4.78, 5) is 14.4. The molecular formula is C15H23N3O2. The number of carbonyl (C=O) groups is 1. The number of carbonyl (C=O) groups excluding carboxylic acids is 1. The molecule has 110 valence electrons. The van der Waals surface area contributed by atoms with Gasteiger partial charge in [-0.1, -0.05) is 0 Å². The summed E-state index contributed by atoms with van der Waals surface area (Å²) in [6.07, 6.45) is 0. The first-order chi connectivity index (χ1) is 9.49. The van der Waals surface area contributed by atoms with Crippen LogP contribution in [0.3, 0.4) is 0 Å². The molecule has 1 aromatic carbocycles. The number of amides is 1. The van der Waals surface area contributed by atoms with Crippen molar-refractivity contribution in [3.8, 4) is 0 Å². The van der Waals surface area contributed by atoms with Gasteiger partial charge in [0, 0.05) is 24.0 Å². The van der Waals surface area contributed by atoms with Gasteiger partial charge in [0.15, 0.2) is 0 Å². The van der Waals surface area contributed by atoms with E-state index in [1.54, 1.807) is 0 Å². The van der Waals surface area contributed by atoms with Gasteiger partial charge in [0.2, 0.25) is 5.91 Å². The first-order valence-electron chi connectivity index (χ1n) is 7.00. The summed E-state index contributed by atoms with van der Waals surface area (Å²) in [6, 6.07) is 5.62. The van der Waals surface area contributed by atoms with Crippen molar-refractivity contribution in [1.82, 2.24) is 5.32 Å². The zero-order valence-electron chi connectivity index (χ0n) is 12.3. The number of nitrogen functional groups attached to an aromatic ring is 1. The summed E-state index contributed by atoms with van der Waals surface area (Å²) in [6.45, 7) is 7.69. The van der Waals surface area contributed by atoms with E-state index in [2.05, 4.69) is 10.2 Å². The molecule has 0 spiro atoms. The molecule has 3 N–H and O–H groups in total. The first-order valence-corrected chi connectivity index (χ1v) is 7.00. The molecular weight excluding hydrogens is 254 g/mol. The van der Waals surface area contributed by atoms with Gasteiger partial charge in [-0.2, -0.15) is 0 Å². The van der Waals surface area contributed by atoms with Crippen molar-refractivity contribution in [3.05, 3.63) is 23.8 Å². The van der Waals surface area contributed by atoms with Crippen molar-refractivity contribution in [2.24, 2.45) is 0 Å². The molecule has 0 radical (unpaired) electrons. The van der Waals surface area contributed by atoms with Crippen LogP contribution in [0.5, 0.6) is 0 Å². The molecule has 20 heavy (non-hydrogen) atoms. The van der Waals surface area contributed by atoms with Crippen LogP contribution < -0.4 is 16.0 Å². The fraction of sp³-hybridized carbons (Fsp3) is 0.533. The summed E-state index contributed by atoms with van der Waals surface area (Å²) in [5.41, 5.74) is 8.66. The molecule has 1 unspecified atom stereocenters. The van der Waals surface area contributed by atoms with Gasteiger partial charge in [0.1, 0.15) is 6.04 Å². The Bertz CT molecular complexity index is 488. The van der Waals surface area contributed by atoms with Crippen LogP contribution in [-0.2, 0) is 9.53 Å². The fourth-order valence-corrected chi connectivity index (χ4v) is 2.49. The quantitative estimate of drug-likeness (QED) is 0.817. The molecule has 5 heteroatoms. The van der Waals surface area contributed by atoms with Crippen molar-refractivity contribution in [3.63, 3.8) is 0 Å². The van der Waals surface area contributed by atoms with E-state index >= 15 is 0 Å². The van der Waals surface area contributed by atoms with Crippen molar-refractivity contribution in [1.29, 1.82) is 0 Å². The van der Waals surface area contributed by atoms with Gasteiger partial charge in [0.05, 0.1) is 13.2 Å². The molecule has 2 rings (SSSR count). The lowest BCUT2D eigenvalue weighted by Crippen LogP contribution is -2.55. The van der Waals surface area contributed by atoms with Crippen LogP contribution in [0, 0.1) is 6.92 Å². The third-order valence-electron chi connectivity index (χ3n) is 3.39. The molecule has 1 fully saturated rings. The predicted molar refractivity (Wildman–Crippen MR) is 80.8 cm³/mol. The Kier molecular flexibility index (Phi) is 4.49. The van der Waals surface area contributed by atoms with Crippen molar-refractivity contribution < 1.29 is 9.53 Å². The molecule has 1 saturated heterocycles. The molecule has 1 aliphatic rings. The molecule has 5 nitrogen and oxygen atoms in total. The lowest BCUT2D eigenvalue weighted by molar-refractivity contribution is -0.125. The van der Waals surface area contributed by atoms with Gasteiger partial charge in [-0.05, 0) is 44.5 Å². The summed E-state index contributed by atoms with van der Waals surface area (Å²) < 4.78 is 5.47. The number of ether oxygens (including phenoxy) is 1. The van der Waals surface area contributed by atoms with Crippen LogP contribution in [0.4, 0.5) is 11.4 Å². The zero-order chi connectivity index (χ0) is 14.7. The monoisotopic (exact) mass is 277 g/mol. The molecule has 0 bridgehead atoms. The second-order valence-electron chi connectivity index (χ2n) is 5.49. The highest BCUT2D eigenvalue weighted by Gasteiger charge is 2.30. The Morgan fingerprint density at radius 2 is 2.25 bits per heavy atom. The van der Waals surface area contributed by atoms with Gasteiger partial charge >= 0.3 is 0 Å². The molecule has 0 aromatic heterocycles. The smallest absolute Gasteiger partial charge is 0.245 e. The van der Waals surface area contributed by atoms with E-state index in [4.69, 9.17) is 10.5 Å². The number of benzene rings is 1. The zero-order valence-corrected chi connectivity index (χ0v) is 12.3. The number of morpholine rings is 1. The van der Waals surface area contributed by atoms with E-state index in [0.29, 0.717) is 19.8 Å². The van der Waals surface area contributed by atoms with Crippen LogP contribution in [0.2, 0.25) is 0 Å². The Morgan fingerprint density at radius 1 is 1.50 bits per heavy atom. The number of hydrogen-bond acceptors (Lipinski definition) is 4. The molecule has 1 amide bonds. The number of rotatable bonds is 3. The second kappa shape index (κ2) is 6.13. The van der Waals surface area contributed by atoms with Crippen molar-refractivity contribution in [2.75, 3.05) is 30.4 Å². The highest BCUT2D eigenvalue weighted by atomic mass is 16.5. The van der Waals surface area contributed by atoms with E-state index in [9.17, 15) is 4.79 Å². The molecule has 1 heterocycles. The summed E-state index contributed by atoms with van der Waals surface area (Å²) in [5, 5.41) is 2.96. The van der Waals surface area contributed by atoms with E-state index in [0.717, 1.165) is 16.9 Å². The Hall–Kier alpha value is -1.75. The van der Waals surface area contributed by atoms with Crippen LogP contribution in [0.15, 0.2) is 18.2 Å². The maximum absolute atomic E-state index is 12.3. The molecule has 1 aliphatic heterocycles. The number of nitrogens with two attached hydrogens (primary N) is 1. The first kappa shape index (κ1) is 14.7. The van der Waals surface area contributed by atoms with Crippen LogP contribution >= 0.6 is 0 Å². The summed E-state index contributed by atoms with van der Waals surface area (Å²) >= 11 is 0. The van der Waals surface area contributed by atoms with E-state index < -0.39 is 0 Å². The molecule has 0 aliphatic carbocycles. The predicted octanol–water partition coefficient (Wildman–Crippen LogP) is 1.31. The minimum Gasteiger partial charge on any atom is -0.399 e. The average Bonchev–Trinajstić information content (AvgIpc) is 2.38. The SMILES string of the molecule is Cc1cc(N)ccc1N1CCOCC1C(=O)NC(C)C. The number of nitrogens with zero attached hydrogens (tertiary/aromatic N) is 1. The lowest BCUT2D eigenvalue weighted by atomic mass is 10.1. The molecule has 0 saturated carbocycles. The normalized spacial score (nSPS) is 19.2. The van der Waals surface area contributed by atoms with Gasteiger partial charge < -0.3 is 20.7 Å². The third-order valence-corrected chi connectivity index (χ3v) is 3.39. The highest BCUT2D eigenvalue weighted by molar-refractivity contribution is 5.86. The topological polar surface area (TPSA) is 67.6 Å². The number of hydrogen-bond donors (Lipinski definition) is 2. The standard InChI is InChI=1S/C15H23N3O2/c1-10(2)17-15(19)14-9-20-7-6-18(14)13-5-4-12(16)8-11(13)3/h4-5,8,10,14H,6-7,9,16H2,1-3H3,(H,17,19). The molecule has 1 atom stereocenters. The maximum Gasteiger partial charge on any atom is 0.245 e. The number of nitrogens with one attached hydrogen (secondary N) is 1. The lowest BCUT2D eigenvalue weighted by Gasteiger charge is -2.37. The van der Waals surface area contributed by atoms with E-state index in [1.165, 1.54) is 0 Å². The summed E-state index contributed by atoms with van der Waals surface area (Å²) in [7, 11) is 0. The van der Waals surface area contributed by atoms with Gasteiger partial charge in [0.25, 0.3) is 0 Å². The maximum atomic E-state index is 12.3. The number of anilines is 2. The van der Waals surface area contributed by atoms with Crippen LogP contribution in [0.25, 0.3) is 0 Å². The Labute approximate surface area is 120 Å². The largest absolute Gasteiger partial charge is 0.399 e. The summed E-state index contributed by atoms with van der Waals surface area (Å²) in [5.74, 6) is 0.0101. The van der Waals surface area contributed by atoms with Gasteiger partial charge in [-0.25, -0.2) is 0 Å². The second-order valence-corrected chi connectivity index (χ2v) is 5.49.